The minimum atomic E-state index is -0.144. The average Bonchev–Trinajstić information content (AvgIpc) is 3.17. The first-order valence-corrected chi connectivity index (χ1v) is 8.80. The molecule has 0 bridgehead atoms. The largest absolute Gasteiger partial charge is 0.469 e. The van der Waals surface area contributed by atoms with Crippen LogP contribution in [0.4, 0.5) is 0 Å². The van der Waals surface area contributed by atoms with Crippen LogP contribution < -0.4 is 5.32 Å². The summed E-state index contributed by atoms with van der Waals surface area (Å²) in [5.41, 5.74) is 0.674. The molecule has 132 valence electrons. The number of amides is 1. The lowest BCUT2D eigenvalue weighted by molar-refractivity contribution is -0.141. The van der Waals surface area contributed by atoms with Crippen LogP contribution in [0.25, 0.3) is 0 Å². The maximum absolute atomic E-state index is 12.3. The van der Waals surface area contributed by atoms with Gasteiger partial charge in [-0.3, -0.25) is 14.5 Å². The highest BCUT2D eigenvalue weighted by molar-refractivity contribution is 5.92. The van der Waals surface area contributed by atoms with Crippen molar-refractivity contribution in [2.45, 2.75) is 44.2 Å². The summed E-state index contributed by atoms with van der Waals surface area (Å²) in [4.78, 5) is 26.4. The second-order valence-corrected chi connectivity index (χ2v) is 7.02. The fourth-order valence-corrected chi connectivity index (χ4v) is 3.62. The molecular formula is C18H27N3O3. The number of esters is 1. The fraction of sp³-hybridized carbons (Fsp3) is 0.667. The molecule has 1 saturated carbocycles. The van der Waals surface area contributed by atoms with E-state index in [0.29, 0.717) is 24.7 Å². The van der Waals surface area contributed by atoms with Crippen molar-refractivity contribution in [2.75, 3.05) is 20.2 Å². The number of hydrogen-bond acceptors (Lipinski definition) is 4. The molecule has 1 aromatic heterocycles. The number of methoxy groups -OCH3 is 1. The average molecular weight is 333 g/mol. The third kappa shape index (κ3) is 3.98. The third-order valence-corrected chi connectivity index (χ3v) is 5.24. The molecule has 3 rings (SSSR count). The van der Waals surface area contributed by atoms with E-state index >= 15 is 0 Å². The van der Waals surface area contributed by atoms with Gasteiger partial charge in [-0.05, 0) is 43.7 Å². The Kier molecular flexibility index (Phi) is 5.23. The van der Waals surface area contributed by atoms with Gasteiger partial charge in [0.05, 0.1) is 13.5 Å². The molecule has 0 spiro atoms. The van der Waals surface area contributed by atoms with E-state index in [0.717, 1.165) is 25.3 Å². The lowest BCUT2D eigenvalue weighted by atomic mass is 10.1. The van der Waals surface area contributed by atoms with Crippen molar-refractivity contribution in [1.82, 2.24) is 14.8 Å². The highest BCUT2D eigenvalue weighted by Crippen LogP contribution is 2.35. The maximum atomic E-state index is 12.3. The summed E-state index contributed by atoms with van der Waals surface area (Å²) < 4.78 is 6.66. The second kappa shape index (κ2) is 7.38. The van der Waals surface area contributed by atoms with E-state index in [4.69, 9.17) is 4.74 Å². The normalized spacial score (nSPS) is 24.1. The zero-order valence-corrected chi connectivity index (χ0v) is 14.5. The van der Waals surface area contributed by atoms with Crippen LogP contribution in [-0.4, -0.2) is 53.6 Å². The van der Waals surface area contributed by atoms with E-state index < -0.39 is 0 Å². The number of nitrogens with one attached hydrogen (secondary N) is 1. The van der Waals surface area contributed by atoms with Gasteiger partial charge < -0.3 is 14.6 Å². The van der Waals surface area contributed by atoms with Gasteiger partial charge >= 0.3 is 5.97 Å². The summed E-state index contributed by atoms with van der Waals surface area (Å²) in [6.07, 6.45) is 6.89. The third-order valence-electron chi connectivity index (χ3n) is 5.24. The van der Waals surface area contributed by atoms with Gasteiger partial charge in [0.25, 0.3) is 5.91 Å². The van der Waals surface area contributed by atoms with Crippen LogP contribution in [0.15, 0.2) is 18.3 Å². The van der Waals surface area contributed by atoms with Crippen LogP contribution >= 0.6 is 0 Å². The number of nitrogens with zero attached hydrogens (tertiary/aromatic N) is 2. The molecule has 0 aromatic carbocycles. The van der Waals surface area contributed by atoms with E-state index in [-0.39, 0.29) is 17.9 Å². The lowest BCUT2D eigenvalue weighted by Crippen LogP contribution is -2.45. The molecular weight excluding hydrogens is 306 g/mol. The number of likely N-dealkylation sites (tertiary alicyclic amines) is 1. The van der Waals surface area contributed by atoms with Crippen LogP contribution in [0.2, 0.25) is 0 Å². The van der Waals surface area contributed by atoms with Crippen molar-refractivity contribution in [3.05, 3.63) is 24.0 Å². The molecule has 2 fully saturated rings. The van der Waals surface area contributed by atoms with Crippen LogP contribution in [0.5, 0.6) is 0 Å². The van der Waals surface area contributed by atoms with Crippen LogP contribution in [-0.2, 0) is 16.6 Å². The topological polar surface area (TPSA) is 63.6 Å². The quantitative estimate of drug-likeness (QED) is 0.769. The monoisotopic (exact) mass is 333 g/mol. The number of aromatic nitrogens is 1. The molecule has 2 atom stereocenters. The van der Waals surface area contributed by atoms with Crippen molar-refractivity contribution in [3.63, 3.8) is 0 Å². The van der Waals surface area contributed by atoms with Crippen molar-refractivity contribution in [3.8, 4) is 0 Å². The predicted octanol–water partition coefficient (Wildman–Crippen LogP) is 1.56. The highest BCUT2D eigenvalue weighted by atomic mass is 16.5. The van der Waals surface area contributed by atoms with Gasteiger partial charge in [-0.1, -0.05) is 0 Å². The van der Waals surface area contributed by atoms with E-state index in [9.17, 15) is 9.59 Å². The molecule has 2 aliphatic rings. The van der Waals surface area contributed by atoms with E-state index in [1.165, 1.54) is 20.0 Å². The SMILES string of the molecule is COC(=O)C[C@H]1CC[C@@H](CNC(=O)c2cccn2C)N1CC1CC1. The Morgan fingerprint density at radius 1 is 1.25 bits per heavy atom. The van der Waals surface area contributed by atoms with Gasteiger partial charge in [0, 0.05) is 38.4 Å². The summed E-state index contributed by atoms with van der Waals surface area (Å²) in [6.45, 7) is 1.67. The van der Waals surface area contributed by atoms with Crippen molar-refractivity contribution in [1.29, 1.82) is 0 Å². The van der Waals surface area contributed by atoms with E-state index in [1.807, 2.05) is 29.9 Å². The first kappa shape index (κ1) is 17.0. The first-order valence-electron chi connectivity index (χ1n) is 8.80. The molecule has 0 radical (unpaired) electrons. The van der Waals surface area contributed by atoms with E-state index in [2.05, 4.69) is 10.2 Å². The van der Waals surface area contributed by atoms with Crippen molar-refractivity contribution >= 4 is 11.9 Å². The maximum Gasteiger partial charge on any atom is 0.307 e. The number of rotatable bonds is 7. The van der Waals surface area contributed by atoms with Crippen LogP contribution in [0.3, 0.4) is 0 Å². The summed E-state index contributed by atoms with van der Waals surface area (Å²) in [6, 6.07) is 4.25. The Morgan fingerprint density at radius 2 is 2.00 bits per heavy atom. The number of ether oxygens (including phenoxy) is 1. The number of carbonyl (C=O) groups is 2. The molecule has 1 saturated heterocycles. The molecule has 6 heteroatoms. The summed E-state index contributed by atoms with van der Waals surface area (Å²) in [7, 11) is 3.32. The van der Waals surface area contributed by atoms with Gasteiger partial charge in [0.2, 0.25) is 0 Å². The minimum absolute atomic E-state index is 0.0368. The minimum Gasteiger partial charge on any atom is -0.469 e. The fourth-order valence-electron chi connectivity index (χ4n) is 3.62. The molecule has 6 nitrogen and oxygen atoms in total. The summed E-state index contributed by atoms with van der Waals surface area (Å²) in [5.74, 6) is 0.578. The van der Waals surface area contributed by atoms with Crippen LogP contribution in [0.1, 0.15) is 42.6 Å². The van der Waals surface area contributed by atoms with Gasteiger partial charge in [-0.25, -0.2) is 0 Å². The van der Waals surface area contributed by atoms with Gasteiger partial charge in [-0.15, -0.1) is 0 Å². The summed E-state index contributed by atoms with van der Waals surface area (Å²) >= 11 is 0. The predicted molar refractivity (Wildman–Crippen MR) is 90.6 cm³/mol. The van der Waals surface area contributed by atoms with Gasteiger partial charge in [-0.2, -0.15) is 0 Å². The molecule has 1 aliphatic carbocycles. The molecule has 1 amide bonds. The molecule has 24 heavy (non-hydrogen) atoms. The van der Waals surface area contributed by atoms with Gasteiger partial charge in [0.15, 0.2) is 0 Å². The first-order chi connectivity index (χ1) is 11.6. The number of aryl methyl sites for hydroxylation is 1. The Morgan fingerprint density at radius 3 is 2.62 bits per heavy atom. The Labute approximate surface area is 143 Å². The molecule has 0 unspecified atom stereocenters. The zero-order valence-electron chi connectivity index (χ0n) is 14.5. The van der Waals surface area contributed by atoms with Gasteiger partial charge in [0.1, 0.15) is 5.69 Å². The molecule has 2 heterocycles. The van der Waals surface area contributed by atoms with Crippen molar-refractivity contribution in [2.24, 2.45) is 13.0 Å². The summed E-state index contributed by atoms with van der Waals surface area (Å²) in [5, 5.41) is 3.06. The number of carbonyl (C=O) groups excluding carboxylic acids is 2. The number of hydrogen-bond donors (Lipinski definition) is 1. The molecule has 1 N–H and O–H groups in total. The smallest absolute Gasteiger partial charge is 0.307 e. The van der Waals surface area contributed by atoms with Crippen LogP contribution in [0, 0.1) is 5.92 Å². The van der Waals surface area contributed by atoms with Crippen molar-refractivity contribution < 1.29 is 14.3 Å². The molecule has 1 aliphatic heterocycles. The lowest BCUT2D eigenvalue weighted by Gasteiger charge is -2.30. The van der Waals surface area contributed by atoms with E-state index in [1.54, 1.807) is 0 Å². The zero-order chi connectivity index (χ0) is 17.1. The Balaban J connectivity index is 1.58. The Bertz CT molecular complexity index is 594. The molecule has 1 aromatic rings. The highest BCUT2D eigenvalue weighted by Gasteiger charge is 2.38. The standard InChI is InChI=1S/C18H27N3O3/c1-20-9-3-4-16(20)18(23)19-11-15-8-7-14(10-17(22)24-2)21(15)12-13-5-6-13/h3-4,9,13-15H,5-8,10-12H2,1-2H3,(H,19,23)/t14-,15+/m1/s1. The Hall–Kier alpha value is -1.82. The second-order valence-electron chi connectivity index (χ2n) is 7.02.